The molecule has 7 heteroatoms. The van der Waals surface area contributed by atoms with E-state index >= 15 is 0 Å². The molecule has 0 atom stereocenters. The number of rotatable bonds is 4. The average molecular weight is 235 g/mol. The van der Waals surface area contributed by atoms with Crippen LogP contribution in [0.2, 0.25) is 0 Å². The van der Waals surface area contributed by atoms with Crippen molar-refractivity contribution < 1.29 is 9.90 Å². The van der Waals surface area contributed by atoms with Crippen molar-refractivity contribution in [1.29, 1.82) is 5.41 Å². The molecule has 0 amide bonds. The van der Waals surface area contributed by atoms with Gasteiger partial charge in [-0.15, -0.1) is 10.2 Å². The Morgan fingerprint density at radius 2 is 2.18 bits per heavy atom. The van der Waals surface area contributed by atoms with Gasteiger partial charge in [-0.2, -0.15) is 0 Å². The van der Waals surface area contributed by atoms with E-state index in [1.54, 1.807) is 0 Å². The molecule has 1 aliphatic heterocycles. The molecule has 7 nitrogen and oxygen atoms in total. The summed E-state index contributed by atoms with van der Waals surface area (Å²) in [4.78, 5) is 15.6. The number of nitrogens with zero attached hydrogens (tertiary/aromatic N) is 4. The summed E-state index contributed by atoms with van der Waals surface area (Å²) < 4.78 is 1.11. The fourth-order valence-electron chi connectivity index (χ4n) is 1.68. The summed E-state index contributed by atoms with van der Waals surface area (Å²) in [6.45, 7) is 3.91. The van der Waals surface area contributed by atoms with E-state index in [0.717, 1.165) is 4.57 Å². The summed E-state index contributed by atoms with van der Waals surface area (Å²) >= 11 is 0. The van der Waals surface area contributed by atoms with E-state index in [-0.39, 0.29) is 41.6 Å². The molecule has 2 rings (SSSR count). The van der Waals surface area contributed by atoms with Crippen LogP contribution in [0.15, 0.2) is 10.2 Å². The maximum atomic E-state index is 11.6. The number of hydrogen-bond donors (Lipinski definition) is 2. The lowest BCUT2D eigenvalue weighted by Gasteiger charge is -2.02. The highest BCUT2D eigenvalue weighted by atomic mass is 16.3. The zero-order valence-electron chi connectivity index (χ0n) is 9.64. The number of carbonyl (C=O) groups is 1. The van der Waals surface area contributed by atoms with Crippen LogP contribution in [-0.2, 0) is 11.2 Å². The average Bonchev–Trinajstić information content (AvgIpc) is 2.69. The molecule has 2 N–H and O–H groups in total. The number of nitrogens with one attached hydrogen (secondary N) is 1. The molecule has 1 aromatic rings. The summed E-state index contributed by atoms with van der Waals surface area (Å²) in [7, 11) is 0. The number of fused-ring (bicyclic) bond motifs is 1. The standard InChI is InChI=1S/C10H13N5O2/c1-5(2)3-6(16)4-7-8(17)15-9(11)13-14-10(15)12-7/h5,11,17H,3-4H2,1-2H3. The van der Waals surface area contributed by atoms with Crippen LogP contribution in [0.25, 0.3) is 0 Å². The minimum Gasteiger partial charge on any atom is -0.493 e. The highest BCUT2D eigenvalue weighted by molar-refractivity contribution is 5.87. The molecule has 0 saturated carbocycles. The Labute approximate surface area is 97.7 Å². The van der Waals surface area contributed by atoms with Crippen molar-refractivity contribution in [2.24, 2.45) is 16.1 Å². The van der Waals surface area contributed by atoms with Crippen molar-refractivity contribution in [3.8, 4) is 5.88 Å². The van der Waals surface area contributed by atoms with Crippen LogP contribution in [0.1, 0.15) is 26.0 Å². The number of hydrogen-bond acceptors (Lipinski definition) is 5. The van der Waals surface area contributed by atoms with Crippen LogP contribution in [0.5, 0.6) is 5.88 Å². The lowest BCUT2D eigenvalue weighted by molar-refractivity contribution is -0.119. The third-order valence-corrected chi connectivity index (χ3v) is 2.35. The smallest absolute Gasteiger partial charge is 0.259 e. The van der Waals surface area contributed by atoms with Gasteiger partial charge in [-0.1, -0.05) is 13.8 Å². The second-order valence-corrected chi connectivity index (χ2v) is 4.35. The Morgan fingerprint density at radius 3 is 2.76 bits per heavy atom. The van der Waals surface area contributed by atoms with Gasteiger partial charge in [0.25, 0.3) is 11.9 Å². The van der Waals surface area contributed by atoms with Gasteiger partial charge >= 0.3 is 0 Å². The molecule has 0 radical (unpaired) electrons. The Kier molecular flexibility index (Phi) is 2.74. The third-order valence-electron chi connectivity index (χ3n) is 2.35. The maximum absolute atomic E-state index is 11.6. The minimum absolute atomic E-state index is 0.00976. The molecule has 1 aliphatic rings. The quantitative estimate of drug-likeness (QED) is 0.828. The van der Waals surface area contributed by atoms with Gasteiger partial charge in [0, 0.05) is 6.42 Å². The Morgan fingerprint density at radius 1 is 1.47 bits per heavy atom. The summed E-state index contributed by atoms with van der Waals surface area (Å²) in [5, 5.41) is 24.3. The summed E-state index contributed by atoms with van der Waals surface area (Å²) in [5.41, 5.74) is 0.258. The van der Waals surface area contributed by atoms with Gasteiger partial charge in [-0.05, 0) is 5.92 Å². The van der Waals surface area contributed by atoms with Crippen LogP contribution in [-0.4, -0.2) is 26.4 Å². The van der Waals surface area contributed by atoms with Gasteiger partial charge in [0.2, 0.25) is 5.88 Å². The lowest BCUT2D eigenvalue weighted by atomic mass is 10.0. The van der Waals surface area contributed by atoms with Gasteiger partial charge in [-0.25, -0.2) is 9.55 Å². The van der Waals surface area contributed by atoms with Crippen molar-refractivity contribution in [2.45, 2.75) is 26.7 Å². The van der Waals surface area contributed by atoms with Gasteiger partial charge in [0.05, 0.1) is 6.42 Å². The van der Waals surface area contributed by atoms with Crippen molar-refractivity contribution in [2.75, 3.05) is 0 Å². The molecule has 0 saturated heterocycles. The van der Waals surface area contributed by atoms with Crippen LogP contribution < -0.4 is 0 Å². The van der Waals surface area contributed by atoms with Crippen molar-refractivity contribution in [1.82, 2.24) is 9.55 Å². The first kappa shape index (κ1) is 11.4. The molecule has 90 valence electrons. The van der Waals surface area contributed by atoms with E-state index in [0.29, 0.717) is 6.42 Å². The largest absolute Gasteiger partial charge is 0.493 e. The van der Waals surface area contributed by atoms with E-state index in [1.165, 1.54) is 0 Å². The predicted molar refractivity (Wildman–Crippen MR) is 59.7 cm³/mol. The third kappa shape index (κ3) is 2.08. The van der Waals surface area contributed by atoms with Gasteiger partial charge < -0.3 is 5.11 Å². The van der Waals surface area contributed by atoms with E-state index in [1.807, 2.05) is 13.8 Å². The number of Topliss-reactive ketones (excluding diaryl/α,β-unsaturated/α-hetero) is 1. The molecule has 0 aromatic carbocycles. The molecule has 1 aromatic heterocycles. The SMILES string of the molecule is CC(C)CC(=O)Cc1nc2n(c1O)C(=N)N=N2. The molecule has 2 heterocycles. The summed E-state index contributed by atoms with van der Waals surface area (Å²) in [6, 6.07) is 0. The molecular weight excluding hydrogens is 222 g/mol. The molecule has 17 heavy (non-hydrogen) atoms. The zero-order valence-corrected chi connectivity index (χ0v) is 9.64. The van der Waals surface area contributed by atoms with Crippen molar-refractivity contribution >= 4 is 17.7 Å². The lowest BCUT2D eigenvalue weighted by Crippen LogP contribution is -2.07. The van der Waals surface area contributed by atoms with Crippen LogP contribution in [0.4, 0.5) is 5.95 Å². The van der Waals surface area contributed by atoms with Gasteiger partial charge in [0.15, 0.2) is 0 Å². The second kappa shape index (κ2) is 4.08. The highest BCUT2D eigenvalue weighted by Crippen LogP contribution is 2.29. The van der Waals surface area contributed by atoms with Gasteiger partial charge in [-0.3, -0.25) is 10.2 Å². The number of ketones is 1. The van der Waals surface area contributed by atoms with E-state index in [4.69, 9.17) is 5.41 Å². The van der Waals surface area contributed by atoms with Crippen LogP contribution in [0.3, 0.4) is 0 Å². The number of imidazole rings is 1. The maximum Gasteiger partial charge on any atom is 0.259 e. The molecule has 0 bridgehead atoms. The topological polar surface area (TPSA) is 104 Å². The Balaban J connectivity index is 2.19. The van der Waals surface area contributed by atoms with Crippen molar-refractivity contribution in [3.63, 3.8) is 0 Å². The second-order valence-electron chi connectivity index (χ2n) is 4.35. The van der Waals surface area contributed by atoms with Gasteiger partial charge in [0.1, 0.15) is 11.5 Å². The van der Waals surface area contributed by atoms with E-state index in [2.05, 4.69) is 15.2 Å². The first-order valence-electron chi connectivity index (χ1n) is 5.32. The highest BCUT2D eigenvalue weighted by Gasteiger charge is 2.24. The minimum atomic E-state index is -0.216. The molecule has 0 aliphatic carbocycles. The van der Waals surface area contributed by atoms with E-state index < -0.39 is 0 Å². The number of azo groups is 1. The number of carbonyl (C=O) groups excluding carboxylic acids is 1. The van der Waals surface area contributed by atoms with Crippen LogP contribution in [0, 0.1) is 11.3 Å². The fourth-order valence-corrected chi connectivity index (χ4v) is 1.68. The summed E-state index contributed by atoms with van der Waals surface area (Å²) in [6.07, 6.45) is 0.507. The summed E-state index contributed by atoms with van der Waals surface area (Å²) in [5.74, 6) is 0.0344. The fraction of sp³-hybridized carbons (Fsp3) is 0.500. The predicted octanol–water partition coefficient (Wildman–Crippen LogP) is 1.63. The van der Waals surface area contributed by atoms with E-state index in [9.17, 15) is 9.90 Å². The first-order chi connectivity index (χ1) is 7.99. The monoisotopic (exact) mass is 235 g/mol. The molecular formula is C10H13N5O2. The number of aromatic hydroxyl groups is 1. The first-order valence-corrected chi connectivity index (χ1v) is 5.32. The zero-order chi connectivity index (χ0) is 12.6. The Hall–Kier alpha value is -2.05. The number of aromatic nitrogens is 2. The van der Waals surface area contributed by atoms with Crippen molar-refractivity contribution in [3.05, 3.63) is 5.69 Å². The van der Waals surface area contributed by atoms with Crippen LogP contribution >= 0.6 is 0 Å². The molecule has 0 fully saturated rings. The molecule has 0 unspecified atom stereocenters. The molecule has 0 spiro atoms. The normalized spacial score (nSPS) is 13.5. The Bertz CT molecular complexity index is 515.